The summed E-state index contributed by atoms with van der Waals surface area (Å²) in [5.74, 6) is 0.586. The van der Waals surface area contributed by atoms with Crippen molar-refractivity contribution in [1.82, 2.24) is 0 Å². The number of amides is 2. The van der Waals surface area contributed by atoms with Crippen LogP contribution in [0.25, 0.3) is 0 Å². The lowest BCUT2D eigenvalue weighted by Gasteiger charge is -2.17. The normalized spacial score (nSPS) is 11.4. The standard InChI is InChI=1S/C25H26N2O4/c1-16-9-10-19(15-17(16)2)26-25(29)22-7-5-6-8-23(22)27-24(28)18(3)31-21-13-11-20(30-4)12-14-21/h5-15,18H,1-4H3,(H,26,29)(H,27,28). The van der Waals surface area contributed by atoms with Crippen molar-refractivity contribution in [2.75, 3.05) is 17.7 Å². The van der Waals surface area contributed by atoms with Gasteiger partial charge in [-0.25, -0.2) is 0 Å². The second-order valence-electron chi connectivity index (χ2n) is 7.22. The van der Waals surface area contributed by atoms with Gasteiger partial charge in [-0.15, -0.1) is 0 Å². The number of benzene rings is 3. The van der Waals surface area contributed by atoms with Crippen LogP contribution < -0.4 is 20.1 Å². The van der Waals surface area contributed by atoms with E-state index >= 15 is 0 Å². The van der Waals surface area contributed by atoms with Crippen LogP contribution in [0.2, 0.25) is 0 Å². The second-order valence-corrected chi connectivity index (χ2v) is 7.22. The third kappa shape index (κ3) is 5.63. The smallest absolute Gasteiger partial charge is 0.265 e. The predicted octanol–water partition coefficient (Wildman–Crippen LogP) is 4.97. The Morgan fingerprint density at radius 1 is 0.839 bits per heavy atom. The number of hydrogen-bond donors (Lipinski definition) is 2. The van der Waals surface area contributed by atoms with Crippen molar-refractivity contribution in [3.63, 3.8) is 0 Å². The molecular weight excluding hydrogens is 392 g/mol. The summed E-state index contributed by atoms with van der Waals surface area (Å²) in [6.45, 7) is 5.65. The number of nitrogens with one attached hydrogen (secondary N) is 2. The Bertz CT molecular complexity index is 1080. The molecule has 0 saturated carbocycles. The van der Waals surface area contributed by atoms with Crippen LogP contribution in [0.3, 0.4) is 0 Å². The monoisotopic (exact) mass is 418 g/mol. The van der Waals surface area contributed by atoms with E-state index in [9.17, 15) is 9.59 Å². The van der Waals surface area contributed by atoms with E-state index in [4.69, 9.17) is 9.47 Å². The van der Waals surface area contributed by atoms with Crippen LogP contribution in [-0.4, -0.2) is 25.0 Å². The number of methoxy groups -OCH3 is 1. The number of ether oxygens (including phenoxy) is 2. The number of aryl methyl sites for hydroxylation is 2. The maximum absolute atomic E-state index is 12.8. The predicted molar refractivity (Wildman–Crippen MR) is 122 cm³/mol. The van der Waals surface area contributed by atoms with Gasteiger partial charge < -0.3 is 20.1 Å². The van der Waals surface area contributed by atoms with E-state index in [-0.39, 0.29) is 11.8 Å². The summed E-state index contributed by atoms with van der Waals surface area (Å²) in [7, 11) is 1.58. The number of carbonyl (C=O) groups excluding carboxylic acids is 2. The fraction of sp³-hybridized carbons (Fsp3) is 0.200. The molecule has 0 aliphatic rings. The van der Waals surface area contributed by atoms with Crippen molar-refractivity contribution in [1.29, 1.82) is 0 Å². The molecule has 0 saturated heterocycles. The van der Waals surface area contributed by atoms with Crippen molar-refractivity contribution in [2.45, 2.75) is 26.9 Å². The topological polar surface area (TPSA) is 76.7 Å². The average Bonchev–Trinajstić information content (AvgIpc) is 2.77. The molecule has 0 aromatic heterocycles. The molecule has 31 heavy (non-hydrogen) atoms. The van der Waals surface area contributed by atoms with E-state index in [1.54, 1.807) is 62.6 Å². The molecule has 160 valence electrons. The minimum atomic E-state index is -0.760. The van der Waals surface area contributed by atoms with Crippen molar-refractivity contribution in [2.24, 2.45) is 0 Å². The summed E-state index contributed by atoms with van der Waals surface area (Å²) in [5.41, 5.74) is 3.72. The Labute approximate surface area is 182 Å². The van der Waals surface area contributed by atoms with Gasteiger partial charge in [-0.3, -0.25) is 9.59 Å². The van der Waals surface area contributed by atoms with Gasteiger partial charge in [0.25, 0.3) is 11.8 Å². The fourth-order valence-electron chi connectivity index (χ4n) is 2.95. The molecule has 0 radical (unpaired) electrons. The van der Waals surface area contributed by atoms with E-state index in [2.05, 4.69) is 10.6 Å². The highest BCUT2D eigenvalue weighted by atomic mass is 16.5. The average molecular weight is 418 g/mol. The Morgan fingerprint density at radius 3 is 2.19 bits per heavy atom. The molecular formula is C25H26N2O4. The number of rotatable bonds is 7. The lowest BCUT2D eigenvalue weighted by atomic mass is 10.1. The quantitative estimate of drug-likeness (QED) is 0.568. The molecule has 0 aliphatic carbocycles. The lowest BCUT2D eigenvalue weighted by Crippen LogP contribution is -2.31. The van der Waals surface area contributed by atoms with Crippen LogP contribution in [0.15, 0.2) is 66.7 Å². The molecule has 6 heteroatoms. The van der Waals surface area contributed by atoms with Gasteiger partial charge >= 0.3 is 0 Å². The molecule has 1 atom stereocenters. The molecule has 0 spiro atoms. The van der Waals surface area contributed by atoms with Gasteiger partial charge in [-0.2, -0.15) is 0 Å². The molecule has 3 aromatic carbocycles. The summed E-state index contributed by atoms with van der Waals surface area (Å²) < 4.78 is 10.8. The zero-order chi connectivity index (χ0) is 22.4. The fourth-order valence-corrected chi connectivity index (χ4v) is 2.95. The first-order valence-corrected chi connectivity index (χ1v) is 9.96. The van der Waals surface area contributed by atoms with Gasteiger partial charge in [-0.1, -0.05) is 18.2 Å². The summed E-state index contributed by atoms with van der Waals surface area (Å²) in [4.78, 5) is 25.5. The first kappa shape index (κ1) is 21.9. The van der Waals surface area contributed by atoms with Crippen LogP contribution in [-0.2, 0) is 4.79 Å². The molecule has 1 unspecified atom stereocenters. The SMILES string of the molecule is COc1ccc(OC(C)C(=O)Nc2ccccc2C(=O)Nc2ccc(C)c(C)c2)cc1. The van der Waals surface area contributed by atoms with E-state index in [1.807, 2.05) is 32.0 Å². The maximum Gasteiger partial charge on any atom is 0.265 e. The van der Waals surface area contributed by atoms with Crippen LogP contribution in [0.1, 0.15) is 28.4 Å². The van der Waals surface area contributed by atoms with Gasteiger partial charge in [0, 0.05) is 5.69 Å². The molecule has 3 rings (SSSR count). The van der Waals surface area contributed by atoms with Gasteiger partial charge in [-0.05, 0) is 80.4 Å². The lowest BCUT2D eigenvalue weighted by molar-refractivity contribution is -0.122. The van der Waals surface area contributed by atoms with Crippen molar-refractivity contribution >= 4 is 23.2 Å². The van der Waals surface area contributed by atoms with Gasteiger partial charge in [0.05, 0.1) is 18.4 Å². The molecule has 2 N–H and O–H groups in total. The number of carbonyl (C=O) groups is 2. The first-order chi connectivity index (χ1) is 14.9. The summed E-state index contributed by atoms with van der Waals surface area (Å²) in [5, 5.41) is 5.68. The molecule has 0 aliphatic heterocycles. The Hall–Kier alpha value is -3.80. The highest BCUT2D eigenvalue weighted by Crippen LogP contribution is 2.21. The van der Waals surface area contributed by atoms with Gasteiger partial charge in [0.1, 0.15) is 11.5 Å². The Balaban J connectivity index is 1.69. The molecule has 0 bridgehead atoms. The molecule has 3 aromatic rings. The summed E-state index contributed by atoms with van der Waals surface area (Å²) in [6.07, 6.45) is -0.760. The van der Waals surface area contributed by atoms with Crippen LogP contribution in [0, 0.1) is 13.8 Å². The molecule has 0 fully saturated rings. The van der Waals surface area contributed by atoms with E-state index in [0.29, 0.717) is 28.4 Å². The third-order valence-corrected chi connectivity index (χ3v) is 4.94. The third-order valence-electron chi connectivity index (χ3n) is 4.94. The highest BCUT2D eigenvalue weighted by molar-refractivity contribution is 6.10. The van der Waals surface area contributed by atoms with Crippen molar-refractivity contribution in [3.05, 3.63) is 83.4 Å². The number of para-hydroxylation sites is 1. The zero-order valence-electron chi connectivity index (χ0n) is 18.1. The largest absolute Gasteiger partial charge is 0.497 e. The van der Waals surface area contributed by atoms with E-state index in [0.717, 1.165) is 11.1 Å². The second kappa shape index (κ2) is 9.80. The highest BCUT2D eigenvalue weighted by Gasteiger charge is 2.19. The summed E-state index contributed by atoms with van der Waals surface area (Å²) in [6, 6.07) is 19.6. The van der Waals surface area contributed by atoms with Crippen LogP contribution in [0.4, 0.5) is 11.4 Å². The van der Waals surface area contributed by atoms with Crippen molar-refractivity contribution in [3.8, 4) is 11.5 Å². The van der Waals surface area contributed by atoms with Gasteiger partial charge in [0.15, 0.2) is 6.10 Å². The number of anilines is 2. The van der Waals surface area contributed by atoms with Crippen LogP contribution in [0.5, 0.6) is 11.5 Å². The minimum Gasteiger partial charge on any atom is -0.497 e. The maximum atomic E-state index is 12.8. The number of hydrogen-bond acceptors (Lipinski definition) is 4. The van der Waals surface area contributed by atoms with E-state index in [1.165, 1.54) is 0 Å². The first-order valence-electron chi connectivity index (χ1n) is 9.96. The van der Waals surface area contributed by atoms with Crippen LogP contribution >= 0.6 is 0 Å². The molecule has 0 heterocycles. The van der Waals surface area contributed by atoms with Gasteiger partial charge in [0.2, 0.25) is 0 Å². The molecule has 6 nitrogen and oxygen atoms in total. The minimum absolute atomic E-state index is 0.303. The summed E-state index contributed by atoms with van der Waals surface area (Å²) >= 11 is 0. The van der Waals surface area contributed by atoms with E-state index < -0.39 is 6.10 Å². The Morgan fingerprint density at radius 2 is 1.52 bits per heavy atom. The van der Waals surface area contributed by atoms with Crippen molar-refractivity contribution < 1.29 is 19.1 Å². The Kier molecular flexibility index (Phi) is 6.92. The zero-order valence-corrected chi connectivity index (χ0v) is 18.1. The molecule has 2 amide bonds.